The van der Waals surface area contributed by atoms with Crippen molar-refractivity contribution in [2.24, 2.45) is 0 Å². The fraction of sp³-hybridized carbons (Fsp3) is 0.278. The highest BCUT2D eigenvalue weighted by Crippen LogP contribution is 2.27. The summed E-state index contributed by atoms with van der Waals surface area (Å²) in [6.07, 6.45) is 0. The first kappa shape index (κ1) is 15.0. The quantitative estimate of drug-likeness (QED) is 0.689. The van der Waals surface area contributed by atoms with E-state index in [9.17, 15) is 4.79 Å². The molecule has 20 heavy (non-hydrogen) atoms. The third-order valence-electron chi connectivity index (χ3n) is 4.11. The predicted octanol–water partition coefficient (Wildman–Crippen LogP) is 5.22. The molecule has 2 heteroatoms. The molecule has 0 aliphatic heterocycles. The zero-order valence-electron chi connectivity index (χ0n) is 12.6. The van der Waals surface area contributed by atoms with Gasteiger partial charge >= 0.3 is 0 Å². The SMILES string of the molecule is Cc1cc(C)c(C)c(C(=O)c2cccc(Br)c2C)c1C. The van der Waals surface area contributed by atoms with E-state index in [1.54, 1.807) is 0 Å². The minimum atomic E-state index is 0.116. The van der Waals surface area contributed by atoms with Gasteiger partial charge in [-0.1, -0.05) is 34.1 Å². The van der Waals surface area contributed by atoms with E-state index in [4.69, 9.17) is 0 Å². The first-order chi connectivity index (χ1) is 9.34. The summed E-state index contributed by atoms with van der Waals surface area (Å²) in [6, 6.07) is 7.93. The van der Waals surface area contributed by atoms with Crippen LogP contribution in [0.5, 0.6) is 0 Å². The lowest BCUT2D eigenvalue weighted by molar-refractivity contribution is 0.103. The van der Waals surface area contributed by atoms with Crippen LogP contribution in [0.15, 0.2) is 28.7 Å². The number of halogens is 1. The van der Waals surface area contributed by atoms with Crippen molar-refractivity contribution in [2.45, 2.75) is 34.6 Å². The molecule has 0 atom stereocenters. The monoisotopic (exact) mass is 330 g/mol. The summed E-state index contributed by atoms with van der Waals surface area (Å²) in [5.74, 6) is 0.116. The number of benzene rings is 2. The third-order valence-corrected chi connectivity index (χ3v) is 4.96. The van der Waals surface area contributed by atoms with Crippen molar-refractivity contribution in [3.63, 3.8) is 0 Å². The molecule has 1 nitrogen and oxygen atoms in total. The first-order valence-corrected chi connectivity index (χ1v) is 7.51. The fourth-order valence-corrected chi connectivity index (χ4v) is 2.91. The van der Waals surface area contributed by atoms with E-state index in [2.05, 4.69) is 35.8 Å². The minimum absolute atomic E-state index is 0.116. The zero-order chi connectivity index (χ0) is 15.0. The smallest absolute Gasteiger partial charge is 0.193 e. The van der Waals surface area contributed by atoms with Gasteiger partial charge in [-0.2, -0.15) is 0 Å². The maximum absolute atomic E-state index is 12.9. The van der Waals surface area contributed by atoms with E-state index in [0.717, 1.165) is 32.3 Å². The molecule has 0 unspecified atom stereocenters. The van der Waals surface area contributed by atoms with Crippen molar-refractivity contribution in [1.82, 2.24) is 0 Å². The van der Waals surface area contributed by atoms with Crippen molar-refractivity contribution in [3.05, 3.63) is 67.7 Å². The topological polar surface area (TPSA) is 17.1 Å². The largest absolute Gasteiger partial charge is 0.289 e. The Balaban J connectivity index is 2.69. The molecule has 0 saturated heterocycles. The molecule has 0 amide bonds. The maximum Gasteiger partial charge on any atom is 0.193 e. The van der Waals surface area contributed by atoms with Gasteiger partial charge in [0.05, 0.1) is 0 Å². The van der Waals surface area contributed by atoms with Gasteiger partial charge in [0, 0.05) is 15.6 Å². The molecule has 0 heterocycles. The lowest BCUT2D eigenvalue weighted by Gasteiger charge is -2.15. The molecule has 0 bridgehead atoms. The van der Waals surface area contributed by atoms with E-state index >= 15 is 0 Å². The molecule has 0 fully saturated rings. The van der Waals surface area contributed by atoms with Crippen molar-refractivity contribution < 1.29 is 4.79 Å². The van der Waals surface area contributed by atoms with Crippen LogP contribution >= 0.6 is 15.9 Å². The molecule has 2 rings (SSSR count). The molecule has 0 saturated carbocycles. The lowest BCUT2D eigenvalue weighted by Crippen LogP contribution is -2.10. The molecule has 0 aliphatic carbocycles. The highest BCUT2D eigenvalue weighted by molar-refractivity contribution is 9.10. The summed E-state index contributed by atoms with van der Waals surface area (Å²) in [5, 5.41) is 0. The molecule has 0 aliphatic rings. The van der Waals surface area contributed by atoms with Crippen LogP contribution in [0.3, 0.4) is 0 Å². The van der Waals surface area contributed by atoms with Gasteiger partial charge in [0.25, 0.3) is 0 Å². The van der Waals surface area contributed by atoms with E-state index in [-0.39, 0.29) is 5.78 Å². The number of aryl methyl sites for hydroxylation is 2. The Hall–Kier alpha value is -1.41. The van der Waals surface area contributed by atoms with Crippen LogP contribution in [0.4, 0.5) is 0 Å². The van der Waals surface area contributed by atoms with Gasteiger partial charge in [-0.3, -0.25) is 4.79 Å². The number of hydrogen-bond acceptors (Lipinski definition) is 1. The normalized spacial score (nSPS) is 10.7. The number of rotatable bonds is 2. The molecule has 104 valence electrons. The average Bonchev–Trinajstić information content (AvgIpc) is 2.40. The fourth-order valence-electron chi connectivity index (χ4n) is 2.55. The van der Waals surface area contributed by atoms with Gasteiger partial charge in [-0.25, -0.2) is 0 Å². The average molecular weight is 331 g/mol. The van der Waals surface area contributed by atoms with Crippen molar-refractivity contribution >= 4 is 21.7 Å². The van der Waals surface area contributed by atoms with Crippen molar-refractivity contribution in [1.29, 1.82) is 0 Å². The molecular weight excluding hydrogens is 312 g/mol. The summed E-state index contributed by atoms with van der Waals surface area (Å²) in [4.78, 5) is 12.9. The molecule has 0 aromatic heterocycles. The van der Waals surface area contributed by atoms with Gasteiger partial charge in [0.2, 0.25) is 0 Å². The van der Waals surface area contributed by atoms with E-state index in [1.807, 2.05) is 39.0 Å². The second-order valence-corrected chi connectivity index (χ2v) is 6.23. The van der Waals surface area contributed by atoms with Crippen LogP contribution in [-0.2, 0) is 0 Å². The van der Waals surface area contributed by atoms with Crippen molar-refractivity contribution in [2.75, 3.05) is 0 Å². The minimum Gasteiger partial charge on any atom is -0.289 e. The van der Waals surface area contributed by atoms with Crippen LogP contribution in [0.2, 0.25) is 0 Å². The van der Waals surface area contributed by atoms with E-state index in [1.165, 1.54) is 11.1 Å². The van der Waals surface area contributed by atoms with Crippen LogP contribution in [0, 0.1) is 34.6 Å². The van der Waals surface area contributed by atoms with Gasteiger partial charge in [-0.05, 0) is 68.5 Å². The Morgan fingerprint density at radius 3 is 2.00 bits per heavy atom. The predicted molar refractivity (Wildman–Crippen MR) is 87.7 cm³/mol. The Labute approximate surface area is 129 Å². The van der Waals surface area contributed by atoms with Gasteiger partial charge < -0.3 is 0 Å². The Bertz CT molecular complexity index is 673. The maximum atomic E-state index is 12.9. The molecule has 2 aromatic carbocycles. The van der Waals surface area contributed by atoms with Gasteiger partial charge in [0.1, 0.15) is 0 Å². The van der Waals surface area contributed by atoms with Gasteiger partial charge in [-0.15, -0.1) is 0 Å². The summed E-state index contributed by atoms with van der Waals surface area (Å²) in [7, 11) is 0. The van der Waals surface area contributed by atoms with Crippen LogP contribution in [0.1, 0.15) is 43.7 Å². The highest BCUT2D eigenvalue weighted by Gasteiger charge is 2.19. The molecule has 2 aromatic rings. The Morgan fingerprint density at radius 1 is 0.900 bits per heavy atom. The number of hydrogen-bond donors (Lipinski definition) is 0. The van der Waals surface area contributed by atoms with Crippen LogP contribution in [-0.4, -0.2) is 5.78 Å². The van der Waals surface area contributed by atoms with Crippen molar-refractivity contribution in [3.8, 4) is 0 Å². The second-order valence-electron chi connectivity index (χ2n) is 5.38. The van der Waals surface area contributed by atoms with Crippen LogP contribution in [0.25, 0.3) is 0 Å². The summed E-state index contributed by atoms with van der Waals surface area (Å²) >= 11 is 3.50. The van der Waals surface area contributed by atoms with E-state index in [0.29, 0.717) is 0 Å². The van der Waals surface area contributed by atoms with E-state index < -0.39 is 0 Å². The molecule has 0 radical (unpaired) electrons. The summed E-state index contributed by atoms with van der Waals surface area (Å²) in [5.41, 5.74) is 7.12. The lowest BCUT2D eigenvalue weighted by atomic mass is 9.88. The third kappa shape index (κ3) is 2.45. The Morgan fingerprint density at radius 2 is 1.45 bits per heavy atom. The number of ketones is 1. The van der Waals surface area contributed by atoms with Gasteiger partial charge in [0.15, 0.2) is 5.78 Å². The molecule has 0 spiro atoms. The number of carbonyl (C=O) groups is 1. The second kappa shape index (κ2) is 5.53. The standard InChI is InChI=1S/C18H19BrO/c1-10-9-11(2)13(4)17(12(10)3)18(20)15-7-6-8-16(19)14(15)5/h6-9H,1-5H3. The highest BCUT2D eigenvalue weighted by atomic mass is 79.9. The first-order valence-electron chi connectivity index (χ1n) is 6.71. The number of carbonyl (C=O) groups excluding carboxylic acids is 1. The summed E-state index contributed by atoms with van der Waals surface area (Å²) in [6.45, 7) is 10.2. The molecule has 0 N–H and O–H groups in total. The zero-order valence-corrected chi connectivity index (χ0v) is 14.2. The summed E-state index contributed by atoms with van der Waals surface area (Å²) < 4.78 is 0.975. The Kier molecular flexibility index (Phi) is 4.14. The van der Waals surface area contributed by atoms with Crippen LogP contribution < -0.4 is 0 Å². The molecular formula is C18H19BrO.